The van der Waals surface area contributed by atoms with E-state index in [1.54, 1.807) is 0 Å². The van der Waals surface area contributed by atoms with Crippen LogP contribution in [0.2, 0.25) is 0 Å². The molecule has 3 rings (SSSR count). The number of hydrogen-bond acceptors (Lipinski definition) is 3. The van der Waals surface area contributed by atoms with Gasteiger partial charge in [-0.1, -0.05) is 18.2 Å². The van der Waals surface area contributed by atoms with Crippen LogP contribution in [0.1, 0.15) is 0 Å². The van der Waals surface area contributed by atoms with Gasteiger partial charge in [-0.05, 0) is 36.4 Å². The van der Waals surface area contributed by atoms with Gasteiger partial charge in [-0.15, -0.1) is 0 Å². The molecule has 0 bridgehead atoms. The molecule has 0 saturated carbocycles. The molecule has 0 aromatic heterocycles. The molecular formula is C15H14O2S. The number of hydrogen-bond donors (Lipinski definition) is 0. The van der Waals surface area contributed by atoms with Crippen molar-refractivity contribution in [3.05, 3.63) is 54.6 Å². The molecule has 0 unspecified atom stereocenters. The molecule has 0 N–H and O–H groups in total. The molecule has 2 nitrogen and oxygen atoms in total. The van der Waals surface area contributed by atoms with Crippen molar-refractivity contribution in [1.82, 2.24) is 0 Å². The van der Waals surface area contributed by atoms with Crippen molar-refractivity contribution in [2.24, 2.45) is 0 Å². The van der Waals surface area contributed by atoms with Gasteiger partial charge in [-0.3, -0.25) is 0 Å². The second kappa shape index (κ2) is 5.36. The quantitative estimate of drug-likeness (QED) is 0.756. The Bertz CT molecular complexity index is 492. The van der Waals surface area contributed by atoms with Crippen LogP contribution < -0.4 is 9.47 Å². The van der Waals surface area contributed by atoms with Crippen LogP contribution in [-0.4, -0.2) is 17.6 Å². The lowest BCUT2D eigenvalue weighted by Gasteiger charge is -2.07. The van der Waals surface area contributed by atoms with Crippen LogP contribution in [0.25, 0.3) is 0 Å². The maximum Gasteiger partial charge on any atom is 0.127 e. The first kappa shape index (κ1) is 11.5. The predicted octanol–water partition coefficient (Wildman–Crippen LogP) is 3.97. The highest BCUT2D eigenvalue weighted by Gasteiger charge is 2.22. The summed E-state index contributed by atoms with van der Waals surface area (Å²) in [6, 6.07) is 17.5. The van der Waals surface area contributed by atoms with Crippen molar-refractivity contribution in [3.8, 4) is 17.2 Å². The molecular weight excluding hydrogens is 244 g/mol. The lowest BCUT2D eigenvalue weighted by molar-refractivity contribution is 0.329. The summed E-state index contributed by atoms with van der Waals surface area (Å²) in [6.45, 7) is 0.809. The molecule has 18 heavy (non-hydrogen) atoms. The molecule has 0 aliphatic carbocycles. The van der Waals surface area contributed by atoms with Crippen molar-refractivity contribution in [2.45, 2.75) is 5.25 Å². The molecule has 0 radical (unpaired) electrons. The fraction of sp³-hybridized carbons (Fsp3) is 0.200. The van der Waals surface area contributed by atoms with E-state index in [1.807, 2.05) is 66.4 Å². The molecule has 0 amide bonds. The van der Waals surface area contributed by atoms with E-state index in [2.05, 4.69) is 0 Å². The van der Waals surface area contributed by atoms with Crippen molar-refractivity contribution in [2.75, 3.05) is 12.4 Å². The van der Waals surface area contributed by atoms with Gasteiger partial charge in [0.05, 0.1) is 0 Å². The summed E-state index contributed by atoms with van der Waals surface area (Å²) in [5, 5.41) is 0.699. The first-order valence-electron chi connectivity index (χ1n) is 5.97. The zero-order valence-electron chi connectivity index (χ0n) is 9.91. The predicted molar refractivity (Wildman–Crippen MR) is 74.7 cm³/mol. The van der Waals surface area contributed by atoms with E-state index in [-0.39, 0.29) is 0 Å². The van der Waals surface area contributed by atoms with Gasteiger partial charge in [-0.25, -0.2) is 0 Å². The van der Waals surface area contributed by atoms with Crippen LogP contribution in [0.15, 0.2) is 54.6 Å². The number of thioether (sulfide) groups is 1. The Morgan fingerprint density at radius 3 is 2.17 bits per heavy atom. The van der Waals surface area contributed by atoms with Crippen LogP contribution in [0.4, 0.5) is 0 Å². The molecule has 1 fully saturated rings. The second-order valence-electron chi connectivity index (χ2n) is 4.15. The third kappa shape index (κ3) is 3.20. The van der Waals surface area contributed by atoms with Crippen molar-refractivity contribution >= 4 is 11.8 Å². The Morgan fingerprint density at radius 1 is 0.889 bits per heavy atom. The standard InChI is InChI=1S/C15H14O2S/c1-2-4-13(5-3-1)17-14-8-6-12(7-9-14)16-10-15-11-18-15/h1-9,15H,10-11H2/t15-/m0/s1. The summed E-state index contributed by atoms with van der Waals surface area (Å²) in [4.78, 5) is 0. The maximum absolute atomic E-state index is 5.71. The molecule has 92 valence electrons. The van der Waals surface area contributed by atoms with E-state index < -0.39 is 0 Å². The summed E-state index contributed by atoms with van der Waals surface area (Å²) in [7, 11) is 0. The SMILES string of the molecule is c1ccc(Oc2ccc(OC[C@H]3CS3)cc2)cc1. The van der Waals surface area contributed by atoms with E-state index in [9.17, 15) is 0 Å². The van der Waals surface area contributed by atoms with E-state index in [0.717, 1.165) is 23.9 Å². The fourth-order valence-electron chi connectivity index (χ4n) is 1.58. The van der Waals surface area contributed by atoms with Crippen molar-refractivity contribution in [3.63, 3.8) is 0 Å². The van der Waals surface area contributed by atoms with Gasteiger partial charge in [0.1, 0.15) is 23.9 Å². The topological polar surface area (TPSA) is 18.5 Å². The minimum absolute atomic E-state index is 0.699. The van der Waals surface area contributed by atoms with Gasteiger partial charge in [0.2, 0.25) is 0 Å². The molecule has 1 saturated heterocycles. The fourth-order valence-corrected chi connectivity index (χ4v) is 1.98. The van der Waals surface area contributed by atoms with Crippen molar-refractivity contribution < 1.29 is 9.47 Å². The van der Waals surface area contributed by atoms with Crippen LogP contribution in [0, 0.1) is 0 Å². The van der Waals surface area contributed by atoms with Crippen LogP contribution in [0.5, 0.6) is 17.2 Å². The third-order valence-electron chi connectivity index (χ3n) is 2.64. The van der Waals surface area contributed by atoms with Crippen LogP contribution >= 0.6 is 11.8 Å². The van der Waals surface area contributed by atoms with E-state index >= 15 is 0 Å². The third-order valence-corrected chi connectivity index (χ3v) is 3.58. The zero-order valence-corrected chi connectivity index (χ0v) is 10.7. The Balaban J connectivity index is 1.59. The Labute approximate surface area is 111 Å². The number of para-hydroxylation sites is 1. The monoisotopic (exact) mass is 258 g/mol. The number of benzene rings is 2. The van der Waals surface area contributed by atoms with Crippen LogP contribution in [-0.2, 0) is 0 Å². The lowest BCUT2D eigenvalue weighted by Crippen LogP contribution is -2.02. The number of ether oxygens (including phenoxy) is 2. The minimum atomic E-state index is 0.699. The average molecular weight is 258 g/mol. The Kier molecular flexibility index (Phi) is 3.42. The second-order valence-corrected chi connectivity index (χ2v) is 5.49. The summed E-state index contributed by atoms with van der Waals surface area (Å²) >= 11 is 1.94. The van der Waals surface area contributed by atoms with Gasteiger partial charge in [0, 0.05) is 11.0 Å². The van der Waals surface area contributed by atoms with E-state index in [4.69, 9.17) is 9.47 Å². The average Bonchev–Trinajstić information content (AvgIpc) is 3.23. The summed E-state index contributed by atoms with van der Waals surface area (Å²) in [5.74, 6) is 3.81. The van der Waals surface area contributed by atoms with Gasteiger partial charge in [-0.2, -0.15) is 11.8 Å². The maximum atomic E-state index is 5.71. The lowest BCUT2D eigenvalue weighted by atomic mass is 10.3. The molecule has 2 aromatic rings. The largest absolute Gasteiger partial charge is 0.492 e. The molecule has 1 aliphatic heterocycles. The molecule has 3 heteroatoms. The summed E-state index contributed by atoms with van der Waals surface area (Å²) < 4.78 is 11.4. The Hall–Kier alpha value is -1.61. The van der Waals surface area contributed by atoms with Gasteiger partial charge >= 0.3 is 0 Å². The molecule has 1 heterocycles. The van der Waals surface area contributed by atoms with Crippen molar-refractivity contribution in [1.29, 1.82) is 0 Å². The first-order chi connectivity index (χ1) is 8.90. The van der Waals surface area contributed by atoms with E-state index in [0.29, 0.717) is 5.25 Å². The van der Waals surface area contributed by atoms with Crippen LogP contribution in [0.3, 0.4) is 0 Å². The smallest absolute Gasteiger partial charge is 0.127 e. The molecule has 1 atom stereocenters. The van der Waals surface area contributed by atoms with Gasteiger partial charge < -0.3 is 9.47 Å². The van der Waals surface area contributed by atoms with Gasteiger partial charge in [0.15, 0.2) is 0 Å². The van der Waals surface area contributed by atoms with E-state index in [1.165, 1.54) is 5.75 Å². The summed E-state index contributed by atoms with van der Waals surface area (Å²) in [6.07, 6.45) is 0. The highest BCUT2D eigenvalue weighted by Crippen LogP contribution is 2.31. The Morgan fingerprint density at radius 2 is 1.50 bits per heavy atom. The molecule has 1 aliphatic rings. The highest BCUT2D eigenvalue weighted by molar-refractivity contribution is 8.06. The highest BCUT2D eigenvalue weighted by atomic mass is 32.2. The first-order valence-corrected chi connectivity index (χ1v) is 7.02. The summed E-state index contributed by atoms with van der Waals surface area (Å²) in [5.41, 5.74) is 0. The zero-order chi connectivity index (χ0) is 12.2. The molecule has 0 spiro atoms. The minimum Gasteiger partial charge on any atom is -0.492 e. The molecule has 2 aromatic carbocycles. The van der Waals surface area contributed by atoms with Gasteiger partial charge in [0.25, 0.3) is 0 Å². The number of rotatable bonds is 5. The normalized spacial score (nSPS) is 17.2.